The van der Waals surface area contributed by atoms with E-state index in [9.17, 15) is 4.79 Å². The Morgan fingerprint density at radius 1 is 1.25 bits per heavy atom. The van der Waals surface area contributed by atoms with Crippen LogP contribution in [-0.4, -0.2) is 36.4 Å². The normalized spacial score (nSPS) is 11.7. The molecular formula is C16H22N4O3S. The first kappa shape index (κ1) is 18.0. The van der Waals surface area contributed by atoms with Crippen LogP contribution in [0.1, 0.15) is 25.3 Å². The van der Waals surface area contributed by atoms with Crippen LogP contribution in [0.4, 0.5) is 10.8 Å². The molecule has 1 unspecified atom stereocenters. The maximum absolute atomic E-state index is 12.5. The highest BCUT2D eigenvalue weighted by Gasteiger charge is 2.20. The summed E-state index contributed by atoms with van der Waals surface area (Å²) in [4.78, 5) is 12.5. The SMILES string of the molecule is CCc1nnc(NC(=O)C(CC)Nc2cc(OC)ccc2OC)s1. The Morgan fingerprint density at radius 3 is 2.62 bits per heavy atom. The monoisotopic (exact) mass is 350 g/mol. The maximum Gasteiger partial charge on any atom is 0.248 e. The summed E-state index contributed by atoms with van der Waals surface area (Å²) in [6, 6.07) is 4.97. The van der Waals surface area contributed by atoms with Crippen molar-refractivity contribution < 1.29 is 14.3 Å². The van der Waals surface area contributed by atoms with E-state index in [1.54, 1.807) is 32.4 Å². The Morgan fingerprint density at radius 2 is 2.04 bits per heavy atom. The summed E-state index contributed by atoms with van der Waals surface area (Å²) in [5.74, 6) is 1.16. The van der Waals surface area contributed by atoms with Crippen molar-refractivity contribution in [1.29, 1.82) is 0 Å². The zero-order valence-electron chi connectivity index (χ0n) is 14.3. The van der Waals surface area contributed by atoms with Gasteiger partial charge in [0.2, 0.25) is 11.0 Å². The summed E-state index contributed by atoms with van der Waals surface area (Å²) >= 11 is 1.38. The third kappa shape index (κ3) is 4.35. The van der Waals surface area contributed by atoms with Gasteiger partial charge in [0.05, 0.1) is 19.9 Å². The van der Waals surface area contributed by atoms with Crippen LogP contribution in [0.3, 0.4) is 0 Å². The van der Waals surface area contributed by atoms with Gasteiger partial charge in [-0.3, -0.25) is 10.1 Å². The molecule has 0 aliphatic rings. The quantitative estimate of drug-likeness (QED) is 0.761. The molecule has 1 amide bonds. The van der Waals surface area contributed by atoms with Crippen molar-refractivity contribution in [3.63, 3.8) is 0 Å². The summed E-state index contributed by atoms with van der Waals surface area (Å²) in [6.45, 7) is 3.93. The number of hydrogen-bond donors (Lipinski definition) is 2. The van der Waals surface area contributed by atoms with Crippen molar-refractivity contribution in [2.45, 2.75) is 32.7 Å². The van der Waals surface area contributed by atoms with Gasteiger partial charge in [0.1, 0.15) is 22.5 Å². The Hall–Kier alpha value is -2.35. The number of rotatable bonds is 8. The van der Waals surface area contributed by atoms with Crippen LogP contribution in [0.25, 0.3) is 0 Å². The molecule has 0 spiro atoms. The summed E-state index contributed by atoms with van der Waals surface area (Å²) < 4.78 is 10.6. The summed E-state index contributed by atoms with van der Waals surface area (Å²) in [5.41, 5.74) is 0.699. The molecule has 1 aromatic heterocycles. The molecule has 2 rings (SSSR count). The van der Waals surface area contributed by atoms with Crippen LogP contribution in [0.5, 0.6) is 11.5 Å². The van der Waals surface area contributed by atoms with E-state index in [1.165, 1.54) is 11.3 Å². The number of anilines is 2. The van der Waals surface area contributed by atoms with Gasteiger partial charge in [0, 0.05) is 6.07 Å². The molecule has 8 heteroatoms. The van der Waals surface area contributed by atoms with Gasteiger partial charge in [-0.1, -0.05) is 25.2 Å². The van der Waals surface area contributed by atoms with Crippen molar-refractivity contribution >= 4 is 28.1 Å². The van der Waals surface area contributed by atoms with Gasteiger partial charge < -0.3 is 14.8 Å². The minimum absolute atomic E-state index is 0.166. The van der Waals surface area contributed by atoms with Gasteiger partial charge in [-0.2, -0.15) is 0 Å². The number of ether oxygens (including phenoxy) is 2. The number of aryl methyl sites for hydroxylation is 1. The summed E-state index contributed by atoms with van der Waals surface area (Å²) in [5, 5.41) is 15.4. The molecule has 1 heterocycles. The largest absolute Gasteiger partial charge is 0.497 e. The minimum atomic E-state index is -0.431. The highest BCUT2D eigenvalue weighted by molar-refractivity contribution is 7.15. The standard InChI is InChI=1S/C16H22N4O3S/c1-5-11(15(21)18-16-20-19-14(6-2)24-16)17-12-9-10(22-3)7-8-13(12)23-4/h7-9,11,17H,5-6H2,1-4H3,(H,18,20,21). The Bertz CT molecular complexity index is 690. The lowest BCUT2D eigenvalue weighted by Crippen LogP contribution is -2.34. The topological polar surface area (TPSA) is 85.4 Å². The molecule has 0 bridgehead atoms. The van der Waals surface area contributed by atoms with Crippen LogP contribution in [-0.2, 0) is 11.2 Å². The third-order valence-corrected chi connectivity index (χ3v) is 4.44. The van der Waals surface area contributed by atoms with Gasteiger partial charge in [0.25, 0.3) is 0 Å². The lowest BCUT2D eigenvalue weighted by Gasteiger charge is -2.19. The molecule has 2 aromatic rings. The second kappa shape index (κ2) is 8.49. The number of amides is 1. The molecule has 0 fully saturated rings. The second-order valence-electron chi connectivity index (χ2n) is 5.02. The summed E-state index contributed by atoms with van der Waals surface area (Å²) in [7, 11) is 3.18. The number of carbonyl (C=O) groups excluding carboxylic acids is 1. The van der Waals surface area contributed by atoms with Crippen LogP contribution in [0.2, 0.25) is 0 Å². The van der Waals surface area contributed by atoms with E-state index >= 15 is 0 Å². The molecule has 0 aliphatic heterocycles. The Kier molecular flexibility index (Phi) is 6.36. The molecule has 2 N–H and O–H groups in total. The Balaban J connectivity index is 2.11. The first-order valence-corrected chi connectivity index (χ1v) is 8.54. The first-order chi connectivity index (χ1) is 11.6. The molecule has 1 atom stereocenters. The van der Waals surface area contributed by atoms with Gasteiger partial charge in [-0.25, -0.2) is 0 Å². The molecule has 7 nitrogen and oxygen atoms in total. The fraction of sp³-hybridized carbons (Fsp3) is 0.438. The Labute approximate surface area is 145 Å². The van der Waals surface area contributed by atoms with Crippen LogP contribution in [0.15, 0.2) is 18.2 Å². The number of hydrogen-bond acceptors (Lipinski definition) is 7. The fourth-order valence-electron chi connectivity index (χ4n) is 2.11. The molecule has 0 saturated heterocycles. The maximum atomic E-state index is 12.5. The van der Waals surface area contributed by atoms with Gasteiger partial charge in [-0.05, 0) is 25.0 Å². The number of nitrogens with one attached hydrogen (secondary N) is 2. The van der Waals surface area contributed by atoms with E-state index in [4.69, 9.17) is 9.47 Å². The fourth-order valence-corrected chi connectivity index (χ4v) is 2.79. The van der Waals surface area contributed by atoms with E-state index in [0.29, 0.717) is 28.7 Å². The molecule has 24 heavy (non-hydrogen) atoms. The predicted molar refractivity (Wildman–Crippen MR) is 95.2 cm³/mol. The van der Waals surface area contributed by atoms with Crippen molar-refractivity contribution in [2.24, 2.45) is 0 Å². The zero-order valence-corrected chi connectivity index (χ0v) is 15.1. The number of nitrogens with zero attached hydrogens (tertiary/aromatic N) is 2. The molecule has 0 saturated carbocycles. The number of carbonyl (C=O) groups is 1. The van der Waals surface area contributed by atoms with Crippen molar-refractivity contribution in [3.05, 3.63) is 23.2 Å². The van der Waals surface area contributed by atoms with E-state index in [0.717, 1.165) is 11.4 Å². The smallest absolute Gasteiger partial charge is 0.248 e. The van der Waals surface area contributed by atoms with Gasteiger partial charge in [-0.15, -0.1) is 10.2 Å². The third-order valence-electron chi connectivity index (χ3n) is 3.46. The molecule has 0 aliphatic carbocycles. The molecule has 0 radical (unpaired) electrons. The number of aromatic nitrogens is 2. The van der Waals surface area contributed by atoms with Crippen LogP contribution < -0.4 is 20.1 Å². The lowest BCUT2D eigenvalue weighted by atomic mass is 10.2. The zero-order chi connectivity index (χ0) is 17.5. The highest BCUT2D eigenvalue weighted by atomic mass is 32.1. The summed E-state index contributed by atoms with van der Waals surface area (Å²) in [6.07, 6.45) is 1.40. The number of methoxy groups -OCH3 is 2. The minimum Gasteiger partial charge on any atom is -0.497 e. The molecule has 1 aromatic carbocycles. The van der Waals surface area contributed by atoms with E-state index in [1.807, 2.05) is 13.8 Å². The van der Waals surface area contributed by atoms with Crippen molar-refractivity contribution in [2.75, 3.05) is 24.9 Å². The van der Waals surface area contributed by atoms with Crippen molar-refractivity contribution in [3.8, 4) is 11.5 Å². The average molecular weight is 350 g/mol. The second-order valence-corrected chi connectivity index (χ2v) is 6.08. The van der Waals surface area contributed by atoms with E-state index < -0.39 is 6.04 Å². The van der Waals surface area contributed by atoms with E-state index in [-0.39, 0.29) is 5.91 Å². The van der Waals surface area contributed by atoms with Gasteiger partial charge >= 0.3 is 0 Å². The average Bonchev–Trinajstić information content (AvgIpc) is 3.06. The number of benzene rings is 1. The lowest BCUT2D eigenvalue weighted by molar-refractivity contribution is -0.117. The molecule has 130 valence electrons. The van der Waals surface area contributed by atoms with Crippen molar-refractivity contribution in [1.82, 2.24) is 10.2 Å². The van der Waals surface area contributed by atoms with Crippen LogP contribution >= 0.6 is 11.3 Å². The van der Waals surface area contributed by atoms with Gasteiger partial charge in [0.15, 0.2) is 0 Å². The van der Waals surface area contributed by atoms with E-state index in [2.05, 4.69) is 20.8 Å². The first-order valence-electron chi connectivity index (χ1n) is 7.73. The highest BCUT2D eigenvalue weighted by Crippen LogP contribution is 2.30. The predicted octanol–water partition coefficient (Wildman–Crippen LogP) is 2.95. The van der Waals surface area contributed by atoms with Crippen LogP contribution in [0, 0.1) is 0 Å². The molecular weight excluding hydrogens is 328 g/mol.